The molecule has 2 aromatic carbocycles. The third kappa shape index (κ3) is 6.99. The summed E-state index contributed by atoms with van der Waals surface area (Å²) in [5.74, 6) is -0.900. The van der Waals surface area contributed by atoms with Gasteiger partial charge < -0.3 is 9.47 Å². The summed E-state index contributed by atoms with van der Waals surface area (Å²) in [7, 11) is 0. The minimum atomic E-state index is -0.712. The normalized spacial score (nSPS) is 10.5. The number of ether oxygens (including phenoxy) is 2. The molecular formula is C23H27NO6. The summed E-state index contributed by atoms with van der Waals surface area (Å²) in [6.07, 6.45) is 6.67. The van der Waals surface area contributed by atoms with E-state index in [0.29, 0.717) is 17.7 Å². The van der Waals surface area contributed by atoms with E-state index in [9.17, 15) is 19.7 Å². The summed E-state index contributed by atoms with van der Waals surface area (Å²) in [5, 5.41) is 11.0. The average molecular weight is 413 g/mol. The van der Waals surface area contributed by atoms with Crippen molar-refractivity contribution in [1.29, 1.82) is 0 Å². The van der Waals surface area contributed by atoms with Gasteiger partial charge in [-0.1, -0.05) is 45.1 Å². The van der Waals surface area contributed by atoms with Gasteiger partial charge in [0.15, 0.2) is 0 Å². The monoisotopic (exact) mass is 413 g/mol. The van der Waals surface area contributed by atoms with Crippen LogP contribution in [0.25, 0.3) is 0 Å². The third-order valence-corrected chi connectivity index (χ3v) is 4.67. The lowest BCUT2D eigenvalue weighted by Gasteiger charge is -2.07. The van der Waals surface area contributed by atoms with Gasteiger partial charge in [0, 0.05) is 11.6 Å². The lowest BCUT2D eigenvalue weighted by molar-refractivity contribution is -0.385. The fourth-order valence-electron chi connectivity index (χ4n) is 2.89. The van der Waals surface area contributed by atoms with E-state index in [1.54, 1.807) is 6.92 Å². The van der Waals surface area contributed by atoms with Crippen LogP contribution in [0.2, 0.25) is 0 Å². The third-order valence-electron chi connectivity index (χ3n) is 4.67. The minimum Gasteiger partial charge on any atom is -0.462 e. The van der Waals surface area contributed by atoms with Crippen LogP contribution >= 0.6 is 0 Å². The molecule has 0 aliphatic heterocycles. The second kappa shape index (κ2) is 11.7. The molecule has 0 saturated carbocycles. The van der Waals surface area contributed by atoms with Gasteiger partial charge in [0.25, 0.3) is 5.69 Å². The Kier molecular flexibility index (Phi) is 9.00. The Labute approximate surface area is 176 Å². The maximum Gasteiger partial charge on any atom is 0.343 e. The molecule has 0 aliphatic carbocycles. The second-order valence-electron chi connectivity index (χ2n) is 7.08. The summed E-state index contributed by atoms with van der Waals surface area (Å²) in [6, 6.07) is 10.2. The minimum absolute atomic E-state index is 0.0784. The summed E-state index contributed by atoms with van der Waals surface area (Å²) < 4.78 is 10.5. The first kappa shape index (κ1) is 23.1. The number of hydrogen-bond acceptors (Lipinski definition) is 6. The topological polar surface area (TPSA) is 95.7 Å². The van der Waals surface area contributed by atoms with Gasteiger partial charge in [0.2, 0.25) is 0 Å². The van der Waals surface area contributed by atoms with Gasteiger partial charge in [-0.25, -0.2) is 9.59 Å². The molecule has 0 N–H and O–H groups in total. The van der Waals surface area contributed by atoms with Crippen LogP contribution < -0.4 is 4.74 Å². The maximum absolute atomic E-state index is 12.3. The van der Waals surface area contributed by atoms with Crippen molar-refractivity contribution < 1.29 is 24.0 Å². The maximum atomic E-state index is 12.3. The van der Waals surface area contributed by atoms with Crippen molar-refractivity contribution in [2.45, 2.75) is 52.4 Å². The molecule has 0 spiro atoms. The average Bonchev–Trinajstić information content (AvgIpc) is 2.73. The van der Waals surface area contributed by atoms with E-state index in [-0.39, 0.29) is 17.0 Å². The second-order valence-corrected chi connectivity index (χ2v) is 7.08. The predicted molar refractivity (Wildman–Crippen MR) is 113 cm³/mol. The molecule has 2 aromatic rings. The predicted octanol–water partition coefficient (Wildman–Crippen LogP) is 5.64. The fraction of sp³-hybridized carbons (Fsp3) is 0.391. The van der Waals surface area contributed by atoms with E-state index in [2.05, 4.69) is 6.92 Å². The van der Waals surface area contributed by atoms with E-state index in [1.165, 1.54) is 61.7 Å². The van der Waals surface area contributed by atoms with Crippen molar-refractivity contribution in [3.63, 3.8) is 0 Å². The number of nitro groups is 1. The van der Waals surface area contributed by atoms with Crippen LogP contribution in [0.1, 0.15) is 71.7 Å². The Hall–Kier alpha value is -3.22. The van der Waals surface area contributed by atoms with Crippen LogP contribution in [0, 0.1) is 17.0 Å². The Morgan fingerprint density at radius 2 is 1.53 bits per heavy atom. The lowest BCUT2D eigenvalue weighted by atomic mass is 10.1. The molecule has 0 atom stereocenters. The standard InChI is InChI=1S/C23H27NO6/c1-3-4-5-6-7-8-15-29-22(25)18-11-13-20(14-12-18)30-23(26)19-10-9-17(2)21(16-19)24(27)28/h9-14,16H,3-8,15H2,1-2H3. The summed E-state index contributed by atoms with van der Waals surface area (Å²) >= 11 is 0. The Morgan fingerprint density at radius 3 is 2.20 bits per heavy atom. The van der Waals surface area contributed by atoms with Crippen LogP contribution in [0.15, 0.2) is 42.5 Å². The molecule has 0 bridgehead atoms. The molecule has 160 valence electrons. The van der Waals surface area contributed by atoms with E-state index < -0.39 is 16.9 Å². The van der Waals surface area contributed by atoms with Gasteiger partial charge in [-0.2, -0.15) is 0 Å². The van der Waals surface area contributed by atoms with Gasteiger partial charge in [0.1, 0.15) is 5.75 Å². The number of esters is 2. The highest BCUT2D eigenvalue weighted by Crippen LogP contribution is 2.21. The van der Waals surface area contributed by atoms with E-state index in [1.807, 2.05) is 0 Å². The van der Waals surface area contributed by atoms with Crippen LogP contribution in [0.5, 0.6) is 5.75 Å². The highest BCUT2D eigenvalue weighted by Gasteiger charge is 2.17. The van der Waals surface area contributed by atoms with Gasteiger partial charge in [-0.05, 0) is 43.7 Å². The molecule has 0 heterocycles. The molecule has 0 radical (unpaired) electrons. The number of benzene rings is 2. The molecule has 7 heteroatoms. The zero-order valence-electron chi connectivity index (χ0n) is 17.4. The van der Waals surface area contributed by atoms with Gasteiger partial charge in [-0.15, -0.1) is 0 Å². The van der Waals surface area contributed by atoms with Gasteiger partial charge in [0.05, 0.1) is 22.7 Å². The molecule has 0 saturated heterocycles. The number of rotatable bonds is 11. The molecule has 2 rings (SSSR count). The Bertz CT molecular complexity index is 876. The lowest BCUT2D eigenvalue weighted by Crippen LogP contribution is -2.10. The van der Waals surface area contributed by atoms with Crippen molar-refractivity contribution in [2.24, 2.45) is 0 Å². The van der Waals surface area contributed by atoms with Crippen LogP contribution in [0.4, 0.5) is 5.69 Å². The van der Waals surface area contributed by atoms with Crippen LogP contribution in [0.3, 0.4) is 0 Å². The van der Waals surface area contributed by atoms with Crippen LogP contribution in [-0.2, 0) is 4.74 Å². The number of hydrogen-bond donors (Lipinski definition) is 0. The number of nitro benzene ring substituents is 1. The highest BCUT2D eigenvalue weighted by molar-refractivity contribution is 5.92. The first-order chi connectivity index (χ1) is 14.4. The molecular weight excluding hydrogens is 386 g/mol. The first-order valence-corrected chi connectivity index (χ1v) is 10.2. The van der Waals surface area contributed by atoms with Crippen molar-refractivity contribution in [3.8, 4) is 5.75 Å². The SMILES string of the molecule is CCCCCCCCOC(=O)c1ccc(OC(=O)c2ccc(C)c([N+](=O)[O-])c2)cc1. The van der Waals surface area contributed by atoms with E-state index >= 15 is 0 Å². The molecule has 0 aliphatic rings. The molecule has 0 fully saturated rings. The number of nitrogens with zero attached hydrogens (tertiary/aromatic N) is 1. The van der Waals surface area contributed by atoms with E-state index in [4.69, 9.17) is 9.47 Å². The first-order valence-electron chi connectivity index (χ1n) is 10.2. The number of unbranched alkanes of at least 4 members (excludes halogenated alkanes) is 5. The molecule has 0 unspecified atom stereocenters. The van der Waals surface area contributed by atoms with E-state index in [0.717, 1.165) is 19.3 Å². The fourth-order valence-corrected chi connectivity index (χ4v) is 2.89. The quantitative estimate of drug-likeness (QED) is 0.155. The van der Waals surface area contributed by atoms with Crippen molar-refractivity contribution in [1.82, 2.24) is 0 Å². The van der Waals surface area contributed by atoms with Gasteiger partial charge in [-0.3, -0.25) is 10.1 Å². The van der Waals surface area contributed by atoms with Gasteiger partial charge >= 0.3 is 11.9 Å². The number of carbonyl (C=O) groups is 2. The summed E-state index contributed by atoms with van der Waals surface area (Å²) in [6.45, 7) is 4.15. The molecule has 0 amide bonds. The summed E-state index contributed by atoms with van der Waals surface area (Å²) in [5.41, 5.74) is 0.759. The molecule has 7 nitrogen and oxygen atoms in total. The van der Waals surface area contributed by atoms with Crippen molar-refractivity contribution >= 4 is 17.6 Å². The zero-order chi connectivity index (χ0) is 21.9. The Morgan fingerprint density at radius 1 is 0.900 bits per heavy atom. The smallest absolute Gasteiger partial charge is 0.343 e. The number of carbonyl (C=O) groups excluding carboxylic acids is 2. The van der Waals surface area contributed by atoms with Crippen molar-refractivity contribution in [3.05, 3.63) is 69.3 Å². The van der Waals surface area contributed by atoms with Crippen molar-refractivity contribution in [2.75, 3.05) is 6.61 Å². The summed E-state index contributed by atoms with van der Waals surface area (Å²) in [4.78, 5) is 34.8. The largest absolute Gasteiger partial charge is 0.462 e. The molecule has 0 aromatic heterocycles. The molecule has 30 heavy (non-hydrogen) atoms. The van der Waals surface area contributed by atoms with Crippen LogP contribution in [-0.4, -0.2) is 23.5 Å². The Balaban J connectivity index is 1.85. The number of aryl methyl sites for hydroxylation is 1. The zero-order valence-corrected chi connectivity index (χ0v) is 17.4. The highest BCUT2D eigenvalue weighted by atomic mass is 16.6.